The van der Waals surface area contributed by atoms with Crippen LogP contribution in [0.15, 0.2) is 47.4 Å². The normalized spacial score (nSPS) is 11.4. The highest BCUT2D eigenvalue weighted by molar-refractivity contribution is 7.89. The largest absolute Gasteiger partial charge is 0.322 e. The number of nitro benzene ring substituents is 1. The molecule has 10 heteroatoms. The Kier molecular flexibility index (Phi) is 5.96. The van der Waals surface area contributed by atoms with Crippen LogP contribution in [0.3, 0.4) is 0 Å². The monoisotopic (exact) mass is 397 g/mol. The van der Waals surface area contributed by atoms with Crippen molar-refractivity contribution in [3.8, 4) is 0 Å². The van der Waals surface area contributed by atoms with Crippen LogP contribution in [-0.2, 0) is 10.0 Å². The highest BCUT2D eigenvalue weighted by Crippen LogP contribution is 2.27. The first-order valence-electron chi connectivity index (χ1n) is 7.48. The van der Waals surface area contributed by atoms with E-state index in [9.17, 15) is 23.3 Å². The third kappa shape index (κ3) is 4.78. The summed E-state index contributed by atoms with van der Waals surface area (Å²) in [6.07, 6.45) is 0. The Bertz CT molecular complexity index is 943. The second kappa shape index (κ2) is 7.81. The van der Waals surface area contributed by atoms with Crippen molar-refractivity contribution >= 4 is 38.9 Å². The number of rotatable bonds is 6. The number of nitrogens with zero attached hydrogens (tertiary/aromatic N) is 1. The maximum atomic E-state index is 12.2. The minimum Gasteiger partial charge on any atom is -0.322 e. The molecule has 138 valence electrons. The van der Waals surface area contributed by atoms with Crippen molar-refractivity contribution in [1.82, 2.24) is 4.72 Å². The maximum absolute atomic E-state index is 12.2. The molecule has 8 nitrogen and oxygen atoms in total. The van der Waals surface area contributed by atoms with Crippen molar-refractivity contribution < 1.29 is 18.1 Å². The summed E-state index contributed by atoms with van der Waals surface area (Å²) < 4.78 is 26.6. The predicted octanol–water partition coefficient (Wildman–Crippen LogP) is 3.19. The molecule has 0 aliphatic carbocycles. The van der Waals surface area contributed by atoms with Crippen LogP contribution in [0.5, 0.6) is 0 Å². The van der Waals surface area contributed by atoms with Crippen molar-refractivity contribution in [2.24, 2.45) is 0 Å². The van der Waals surface area contributed by atoms with Crippen molar-refractivity contribution in [3.63, 3.8) is 0 Å². The van der Waals surface area contributed by atoms with Gasteiger partial charge >= 0.3 is 0 Å². The number of hydrogen-bond acceptors (Lipinski definition) is 5. The first-order valence-corrected chi connectivity index (χ1v) is 9.34. The molecule has 1 amide bonds. The van der Waals surface area contributed by atoms with E-state index >= 15 is 0 Å². The van der Waals surface area contributed by atoms with E-state index in [-0.39, 0.29) is 32.9 Å². The molecule has 0 atom stereocenters. The van der Waals surface area contributed by atoms with Gasteiger partial charge in [0.15, 0.2) is 0 Å². The minimum absolute atomic E-state index is 0.0323. The van der Waals surface area contributed by atoms with Gasteiger partial charge in [0.2, 0.25) is 10.0 Å². The summed E-state index contributed by atoms with van der Waals surface area (Å²) in [5.74, 6) is -0.539. The van der Waals surface area contributed by atoms with E-state index in [1.165, 1.54) is 36.4 Å². The van der Waals surface area contributed by atoms with Gasteiger partial charge in [0.1, 0.15) is 5.02 Å². The Balaban J connectivity index is 2.19. The molecule has 0 radical (unpaired) electrons. The van der Waals surface area contributed by atoms with Crippen LogP contribution in [0.1, 0.15) is 24.2 Å². The summed E-state index contributed by atoms with van der Waals surface area (Å²) in [7, 11) is -3.65. The average Bonchev–Trinajstić information content (AvgIpc) is 2.55. The van der Waals surface area contributed by atoms with E-state index in [2.05, 4.69) is 10.0 Å². The predicted molar refractivity (Wildman–Crippen MR) is 98.0 cm³/mol. The lowest BCUT2D eigenvalue weighted by Gasteiger charge is -2.10. The Morgan fingerprint density at radius 3 is 2.31 bits per heavy atom. The molecule has 0 aliphatic heterocycles. The van der Waals surface area contributed by atoms with E-state index in [1.807, 2.05) is 0 Å². The lowest BCUT2D eigenvalue weighted by molar-refractivity contribution is -0.384. The van der Waals surface area contributed by atoms with Crippen LogP contribution >= 0.6 is 11.6 Å². The number of anilines is 1. The molecule has 2 aromatic carbocycles. The van der Waals surface area contributed by atoms with Gasteiger partial charge in [-0.05, 0) is 50.2 Å². The molecule has 2 rings (SSSR count). The standard InChI is InChI=1S/C16H16ClN3O5S/c1-10(2)19-26(24,25)13-6-3-11(4-7-13)16(21)18-12-5-8-14(17)15(9-12)20(22)23/h3-10,19H,1-2H3,(H,18,21). The van der Waals surface area contributed by atoms with Crippen LogP contribution < -0.4 is 10.0 Å². The third-order valence-electron chi connectivity index (χ3n) is 3.22. The summed E-state index contributed by atoms with van der Waals surface area (Å²) in [5, 5.41) is 13.3. The topological polar surface area (TPSA) is 118 Å². The number of hydrogen-bond donors (Lipinski definition) is 2. The Morgan fingerprint density at radius 2 is 1.77 bits per heavy atom. The van der Waals surface area contributed by atoms with Gasteiger partial charge in [0, 0.05) is 23.4 Å². The maximum Gasteiger partial charge on any atom is 0.289 e. The number of benzene rings is 2. The van der Waals surface area contributed by atoms with E-state index in [0.717, 1.165) is 6.07 Å². The lowest BCUT2D eigenvalue weighted by Crippen LogP contribution is -2.30. The molecule has 0 aliphatic rings. The van der Waals surface area contributed by atoms with Gasteiger partial charge in [-0.3, -0.25) is 14.9 Å². The van der Waals surface area contributed by atoms with Gasteiger partial charge in [-0.2, -0.15) is 0 Å². The Morgan fingerprint density at radius 1 is 1.15 bits per heavy atom. The number of carbonyl (C=O) groups excluding carboxylic acids is 1. The second-order valence-corrected chi connectivity index (χ2v) is 7.80. The van der Waals surface area contributed by atoms with Gasteiger partial charge < -0.3 is 5.32 Å². The fraction of sp³-hybridized carbons (Fsp3) is 0.188. The van der Waals surface area contributed by atoms with Crippen LogP contribution in [0.25, 0.3) is 0 Å². The van der Waals surface area contributed by atoms with Crippen molar-refractivity contribution in [2.45, 2.75) is 24.8 Å². The zero-order valence-electron chi connectivity index (χ0n) is 13.9. The second-order valence-electron chi connectivity index (χ2n) is 5.68. The summed E-state index contributed by atoms with van der Waals surface area (Å²) >= 11 is 5.72. The van der Waals surface area contributed by atoms with Gasteiger partial charge in [0.05, 0.1) is 9.82 Å². The number of sulfonamides is 1. The van der Waals surface area contributed by atoms with Crippen LogP contribution in [0.4, 0.5) is 11.4 Å². The summed E-state index contributed by atoms with van der Waals surface area (Å²) in [6.45, 7) is 3.40. The molecule has 0 saturated heterocycles. The smallest absolute Gasteiger partial charge is 0.289 e. The van der Waals surface area contributed by atoms with Gasteiger partial charge in [-0.25, -0.2) is 13.1 Å². The van der Waals surface area contributed by atoms with E-state index in [1.54, 1.807) is 13.8 Å². The van der Waals surface area contributed by atoms with E-state index in [4.69, 9.17) is 11.6 Å². The summed E-state index contributed by atoms with van der Waals surface area (Å²) in [4.78, 5) is 22.5. The first-order chi connectivity index (χ1) is 12.1. The average molecular weight is 398 g/mol. The molecule has 0 aromatic heterocycles. The zero-order valence-corrected chi connectivity index (χ0v) is 15.5. The SMILES string of the molecule is CC(C)NS(=O)(=O)c1ccc(C(=O)Nc2ccc(Cl)c([N+](=O)[O-])c2)cc1. The fourth-order valence-electron chi connectivity index (χ4n) is 2.10. The number of carbonyl (C=O) groups is 1. The number of halogens is 1. The Hall–Kier alpha value is -2.49. The molecule has 0 saturated carbocycles. The van der Waals surface area contributed by atoms with Gasteiger partial charge in [0.25, 0.3) is 11.6 Å². The fourth-order valence-corrected chi connectivity index (χ4v) is 3.54. The lowest BCUT2D eigenvalue weighted by atomic mass is 10.2. The third-order valence-corrected chi connectivity index (χ3v) is 5.21. The molecular formula is C16H16ClN3O5S. The molecule has 26 heavy (non-hydrogen) atoms. The van der Waals surface area contributed by atoms with Gasteiger partial charge in [-0.15, -0.1) is 0 Å². The van der Waals surface area contributed by atoms with Crippen LogP contribution in [-0.4, -0.2) is 25.3 Å². The van der Waals surface area contributed by atoms with Gasteiger partial charge in [-0.1, -0.05) is 11.6 Å². The van der Waals surface area contributed by atoms with Crippen LogP contribution in [0, 0.1) is 10.1 Å². The number of amides is 1. The quantitative estimate of drug-likeness (QED) is 0.573. The summed E-state index contributed by atoms with van der Waals surface area (Å²) in [6, 6.07) is 8.95. The molecule has 0 heterocycles. The highest BCUT2D eigenvalue weighted by atomic mass is 35.5. The summed E-state index contributed by atoms with van der Waals surface area (Å²) in [5.41, 5.74) is 0.0704. The molecule has 0 bridgehead atoms. The highest BCUT2D eigenvalue weighted by Gasteiger charge is 2.17. The minimum atomic E-state index is -3.65. The van der Waals surface area contributed by atoms with E-state index in [0.29, 0.717) is 0 Å². The molecule has 0 fully saturated rings. The Labute approximate surface area is 155 Å². The van der Waals surface area contributed by atoms with Crippen molar-refractivity contribution in [2.75, 3.05) is 5.32 Å². The molecule has 2 N–H and O–H groups in total. The number of nitrogens with one attached hydrogen (secondary N) is 2. The van der Waals surface area contributed by atoms with E-state index < -0.39 is 20.9 Å². The van der Waals surface area contributed by atoms with Crippen molar-refractivity contribution in [3.05, 3.63) is 63.2 Å². The number of nitro groups is 1. The zero-order chi connectivity index (χ0) is 19.5. The van der Waals surface area contributed by atoms with Crippen LogP contribution in [0.2, 0.25) is 5.02 Å². The molecular weight excluding hydrogens is 382 g/mol. The molecule has 2 aromatic rings. The first kappa shape index (κ1) is 19.8. The molecule has 0 unspecified atom stereocenters. The van der Waals surface area contributed by atoms with Crippen molar-refractivity contribution in [1.29, 1.82) is 0 Å². The molecule has 0 spiro atoms.